The summed E-state index contributed by atoms with van der Waals surface area (Å²) >= 11 is 0. The molecule has 2 rings (SSSR count). The summed E-state index contributed by atoms with van der Waals surface area (Å²) in [6.07, 6.45) is 6.62. The van der Waals surface area contributed by atoms with E-state index in [0.717, 1.165) is 58.0 Å². The topological polar surface area (TPSA) is 121 Å². The minimum atomic E-state index is -0.629. The number of likely N-dealkylation sites (tertiary alicyclic amines) is 1. The van der Waals surface area contributed by atoms with Crippen molar-refractivity contribution in [2.24, 2.45) is 5.92 Å². The van der Waals surface area contributed by atoms with Crippen LogP contribution in [0.2, 0.25) is 0 Å². The highest BCUT2D eigenvalue weighted by Crippen LogP contribution is 2.22. The van der Waals surface area contributed by atoms with Crippen molar-refractivity contribution in [3.8, 4) is 0 Å². The van der Waals surface area contributed by atoms with E-state index in [-0.39, 0.29) is 17.7 Å². The molecule has 2 amide bonds. The van der Waals surface area contributed by atoms with Gasteiger partial charge in [-0.25, -0.2) is 4.79 Å². The van der Waals surface area contributed by atoms with Gasteiger partial charge in [0, 0.05) is 17.7 Å². The van der Waals surface area contributed by atoms with Crippen molar-refractivity contribution in [1.82, 2.24) is 10.2 Å². The molecule has 0 aliphatic carbocycles. The van der Waals surface area contributed by atoms with Crippen molar-refractivity contribution in [3.05, 3.63) is 29.8 Å². The number of piperidine rings is 1. The van der Waals surface area contributed by atoms with E-state index in [1.165, 1.54) is 0 Å². The van der Waals surface area contributed by atoms with Crippen LogP contribution in [0.3, 0.4) is 0 Å². The zero-order valence-corrected chi connectivity index (χ0v) is 21.1. The molecule has 0 spiro atoms. The van der Waals surface area contributed by atoms with Crippen molar-refractivity contribution in [3.63, 3.8) is 0 Å². The van der Waals surface area contributed by atoms with E-state index < -0.39 is 6.09 Å². The average Bonchev–Trinajstić information content (AvgIpc) is 2.84. The number of alkyl carbamates (subject to hydrolysis) is 1. The smallest absolute Gasteiger partial charge is 0.412 e. The first-order valence-electron chi connectivity index (χ1n) is 12.7. The number of hydrogen-bond acceptors (Lipinski definition) is 7. The molecule has 1 aromatic carbocycles. The maximum atomic E-state index is 12.4. The maximum absolute atomic E-state index is 12.4. The molecule has 0 bridgehead atoms. The number of unbranched alkanes of at least 4 members (excludes halogenated alkanes) is 3. The first-order chi connectivity index (χ1) is 16.9. The number of hydrogen-bond donors (Lipinski definition) is 3. The Morgan fingerprint density at radius 2 is 1.74 bits per heavy atom. The van der Waals surface area contributed by atoms with E-state index in [2.05, 4.69) is 22.5 Å². The summed E-state index contributed by atoms with van der Waals surface area (Å²) in [7, 11) is 0. The predicted molar refractivity (Wildman–Crippen MR) is 136 cm³/mol. The quantitative estimate of drug-likeness (QED) is 0.165. The van der Waals surface area contributed by atoms with Gasteiger partial charge in [0.25, 0.3) is 0 Å². The summed E-state index contributed by atoms with van der Waals surface area (Å²) in [5, 5.41) is 13.4. The van der Waals surface area contributed by atoms with E-state index in [9.17, 15) is 14.4 Å². The summed E-state index contributed by atoms with van der Waals surface area (Å²) in [5.74, 6) is 0.196. The lowest BCUT2D eigenvalue weighted by atomic mass is 9.92. The molecule has 0 unspecified atom stereocenters. The number of rotatable bonds is 13. The van der Waals surface area contributed by atoms with Gasteiger partial charge in [-0.3, -0.25) is 25.2 Å². The molecule has 1 aliphatic heterocycles. The van der Waals surface area contributed by atoms with Crippen LogP contribution in [0.5, 0.6) is 0 Å². The van der Waals surface area contributed by atoms with Crippen LogP contribution >= 0.6 is 0 Å². The zero-order chi connectivity index (χ0) is 25.5. The first kappa shape index (κ1) is 28.3. The Kier molecular flexibility index (Phi) is 12.8. The van der Waals surface area contributed by atoms with Gasteiger partial charge in [-0.15, -0.1) is 0 Å². The van der Waals surface area contributed by atoms with Crippen LogP contribution in [0.25, 0.3) is 0 Å². The minimum Gasteiger partial charge on any atom is -0.465 e. The van der Waals surface area contributed by atoms with Gasteiger partial charge in [-0.2, -0.15) is 0 Å². The first-order valence-corrected chi connectivity index (χ1v) is 12.7. The van der Waals surface area contributed by atoms with Crippen LogP contribution in [-0.2, 0) is 19.1 Å². The molecule has 1 heterocycles. The standard InChI is InChI=1S/C26H40N4O5/c1-3-5-6-7-18-35-26(33)29-25(27)21-9-11-22(12-10-21)28-23(31)13-8-20-14-16-30(17-15-20)19-24(32)34-4-2/h9-12,20H,3-8,13-19H2,1-2H3,(H,28,31)(H2,27,29,33). The van der Waals surface area contributed by atoms with Gasteiger partial charge < -0.3 is 14.8 Å². The summed E-state index contributed by atoms with van der Waals surface area (Å²) in [4.78, 5) is 37.9. The van der Waals surface area contributed by atoms with Gasteiger partial charge >= 0.3 is 12.1 Å². The van der Waals surface area contributed by atoms with Crippen molar-refractivity contribution in [2.45, 2.75) is 65.2 Å². The van der Waals surface area contributed by atoms with E-state index in [0.29, 0.717) is 43.3 Å². The number of anilines is 1. The summed E-state index contributed by atoms with van der Waals surface area (Å²) in [6.45, 7) is 6.70. The molecule has 3 N–H and O–H groups in total. The summed E-state index contributed by atoms with van der Waals surface area (Å²) < 4.78 is 10.1. The van der Waals surface area contributed by atoms with Crippen molar-refractivity contribution < 1.29 is 23.9 Å². The van der Waals surface area contributed by atoms with Crippen LogP contribution in [0.1, 0.15) is 70.8 Å². The Bertz CT molecular complexity index is 820. The van der Waals surface area contributed by atoms with Gasteiger partial charge in [0.05, 0.1) is 19.8 Å². The fourth-order valence-electron chi connectivity index (χ4n) is 4.01. The number of benzene rings is 1. The fourth-order valence-corrected chi connectivity index (χ4v) is 4.01. The Balaban J connectivity index is 1.65. The highest BCUT2D eigenvalue weighted by molar-refractivity contribution is 6.04. The minimum absolute atomic E-state index is 0.0456. The second-order valence-electron chi connectivity index (χ2n) is 8.89. The fraction of sp³-hybridized carbons (Fsp3) is 0.615. The Hall–Kier alpha value is -2.94. The Morgan fingerprint density at radius 1 is 1.03 bits per heavy atom. The molecule has 1 saturated heterocycles. The molecule has 1 aliphatic rings. The third-order valence-corrected chi connectivity index (χ3v) is 6.06. The highest BCUT2D eigenvalue weighted by atomic mass is 16.5. The molecule has 0 atom stereocenters. The van der Waals surface area contributed by atoms with Crippen LogP contribution in [0.15, 0.2) is 24.3 Å². The Labute approximate surface area is 208 Å². The van der Waals surface area contributed by atoms with Crippen molar-refractivity contribution in [2.75, 3.05) is 38.2 Å². The third kappa shape index (κ3) is 11.4. The van der Waals surface area contributed by atoms with Crippen LogP contribution in [0.4, 0.5) is 10.5 Å². The molecule has 1 aromatic rings. The molecule has 194 valence electrons. The third-order valence-electron chi connectivity index (χ3n) is 6.06. The lowest BCUT2D eigenvalue weighted by Crippen LogP contribution is -2.38. The van der Waals surface area contributed by atoms with Crippen LogP contribution in [-0.4, -0.2) is 61.6 Å². The summed E-state index contributed by atoms with van der Waals surface area (Å²) in [5.41, 5.74) is 1.18. The van der Waals surface area contributed by atoms with Gasteiger partial charge in [-0.05, 0) is 75.9 Å². The molecular formula is C26H40N4O5. The van der Waals surface area contributed by atoms with E-state index in [4.69, 9.17) is 14.9 Å². The average molecular weight is 489 g/mol. The number of carbonyl (C=O) groups excluding carboxylic acids is 3. The predicted octanol–water partition coefficient (Wildman–Crippen LogP) is 4.31. The number of amides is 2. The molecule has 0 aromatic heterocycles. The molecule has 9 heteroatoms. The van der Waals surface area contributed by atoms with E-state index in [1.54, 1.807) is 24.3 Å². The second-order valence-corrected chi connectivity index (χ2v) is 8.89. The zero-order valence-electron chi connectivity index (χ0n) is 21.1. The highest BCUT2D eigenvalue weighted by Gasteiger charge is 2.21. The number of ether oxygens (including phenoxy) is 2. The lowest BCUT2D eigenvalue weighted by molar-refractivity contribution is -0.144. The number of nitrogens with zero attached hydrogens (tertiary/aromatic N) is 1. The van der Waals surface area contributed by atoms with E-state index in [1.807, 2.05) is 6.92 Å². The molecule has 1 fully saturated rings. The molecule has 0 radical (unpaired) electrons. The van der Waals surface area contributed by atoms with Crippen LogP contribution in [0, 0.1) is 11.3 Å². The largest absolute Gasteiger partial charge is 0.465 e. The van der Waals surface area contributed by atoms with Gasteiger partial charge in [-0.1, -0.05) is 26.2 Å². The van der Waals surface area contributed by atoms with Crippen molar-refractivity contribution in [1.29, 1.82) is 5.41 Å². The Morgan fingerprint density at radius 3 is 2.40 bits per heavy atom. The molecule has 0 saturated carbocycles. The second kappa shape index (κ2) is 15.9. The number of carbonyl (C=O) groups is 3. The maximum Gasteiger partial charge on any atom is 0.412 e. The molecule has 9 nitrogen and oxygen atoms in total. The number of nitrogens with one attached hydrogen (secondary N) is 3. The lowest BCUT2D eigenvalue weighted by Gasteiger charge is -2.31. The van der Waals surface area contributed by atoms with Crippen LogP contribution < -0.4 is 10.6 Å². The van der Waals surface area contributed by atoms with Crippen molar-refractivity contribution >= 4 is 29.5 Å². The van der Waals surface area contributed by atoms with Gasteiger partial charge in [0.15, 0.2) is 0 Å². The monoisotopic (exact) mass is 488 g/mol. The molecular weight excluding hydrogens is 448 g/mol. The number of esters is 1. The number of amidine groups is 1. The van der Waals surface area contributed by atoms with Gasteiger partial charge in [0.2, 0.25) is 5.91 Å². The van der Waals surface area contributed by atoms with Gasteiger partial charge in [0.1, 0.15) is 5.84 Å². The SMILES string of the molecule is CCCCCCOC(=O)NC(=N)c1ccc(NC(=O)CCC2CCN(CC(=O)OCC)CC2)cc1. The van der Waals surface area contributed by atoms with E-state index >= 15 is 0 Å². The normalized spacial score (nSPS) is 14.2. The summed E-state index contributed by atoms with van der Waals surface area (Å²) in [6, 6.07) is 6.79. The molecule has 35 heavy (non-hydrogen) atoms.